The molecular formula is C13H7Cl2N3. The number of rotatable bonds is 1. The lowest BCUT2D eigenvalue weighted by Crippen LogP contribution is -1.93. The number of hydrogen-bond acceptors (Lipinski definition) is 3. The van der Waals surface area contributed by atoms with E-state index in [4.69, 9.17) is 23.2 Å². The third-order valence-corrected chi connectivity index (χ3v) is 2.94. The average molecular weight is 276 g/mol. The third kappa shape index (κ3) is 2.03. The van der Waals surface area contributed by atoms with Gasteiger partial charge in [-0.1, -0.05) is 47.5 Å². The molecule has 0 saturated heterocycles. The standard InChI is InChI=1S/C13H7Cl2N3/c14-10-7-11(15)18-13(17-10)12-9-4-2-1-3-8(9)5-6-16-12/h1-7H. The van der Waals surface area contributed by atoms with Crippen LogP contribution in [0.3, 0.4) is 0 Å². The number of aromatic nitrogens is 3. The van der Waals surface area contributed by atoms with E-state index in [2.05, 4.69) is 15.0 Å². The molecule has 3 aromatic rings. The second kappa shape index (κ2) is 4.52. The first-order chi connectivity index (χ1) is 8.74. The van der Waals surface area contributed by atoms with Crippen LogP contribution in [0.5, 0.6) is 0 Å². The molecule has 3 nitrogen and oxygen atoms in total. The third-order valence-electron chi connectivity index (χ3n) is 2.55. The van der Waals surface area contributed by atoms with Crippen molar-refractivity contribution in [3.63, 3.8) is 0 Å². The lowest BCUT2D eigenvalue weighted by atomic mass is 10.1. The van der Waals surface area contributed by atoms with Crippen LogP contribution >= 0.6 is 23.2 Å². The van der Waals surface area contributed by atoms with Gasteiger partial charge >= 0.3 is 0 Å². The van der Waals surface area contributed by atoms with Gasteiger partial charge in [0.2, 0.25) is 0 Å². The highest BCUT2D eigenvalue weighted by atomic mass is 35.5. The van der Waals surface area contributed by atoms with Gasteiger partial charge in [-0.05, 0) is 11.5 Å². The molecule has 1 aromatic carbocycles. The molecule has 5 heteroatoms. The van der Waals surface area contributed by atoms with Crippen molar-refractivity contribution >= 4 is 34.0 Å². The lowest BCUT2D eigenvalue weighted by molar-refractivity contribution is 1.15. The van der Waals surface area contributed by atoms with Gasteiger partial charge in [0.25, 0.3) is 0 Å². The Bertz CT molecular complexity index is 703. The number of nitrogens with zero attached hydrogens (tertiary/aromatic N) is 3. The van der Waals surface area contributed by atoms with E-state index in [9.17, 15) is 0 Å². The Morgan fingerprint density at radius 2 is 1.61 bits per heavy atom. The molecular weight excluding hydrogens is 269 g/mol. The first kappa shape index (κ1) is 11.4. The fraction of sp³-hybridized carbons (Fsp3) is 0. The van der Waals surface area contributed by atoms with Crippen molar-refractivity contribution in [2.45, 2.75) is 0 Å². The van der Waals surface area contributed by atoms with E-state index in [0.29, 0.717) is 21.8 Å². The summed E-state index contributed by atoms with van der Waals surface area (Å²) < 4.78 is 0. The van der Waals surface area contributed by atoms with Gasteiger partial charge < -0.3 is 0 Å². The van der Waals surface area contributed by atoms with E-state index >= 15 is 0 Å². The normalized spacial score (nSPS) is 10.8. The zero-order chi connectivity index (χ0) is 12.5. The van der Waals surface area contributed by atoms with Gasteiger partial charge in [0.1, 0.15) is 16.0 Å². The van der Waals surface area contributed by atoms with Crippen LogP contribution in [0.25, 0.3) is 22.3 Å². The van der Waals surface area contributed by atoms with Gasteiger partial charge in [0, 0.05) is 17.6 Å². The molecule has 0 aliphatic heterocycles. The number of hydrogen-bond donors (Lipinski definition) is 0. The van der Waals surface area contributed by atoms with Crippen LogP contribution in [0.2, 0.25) is 10.3 Å². The van der Waals surface area contributed by atoms with E-state index < -0.39 is 0 Å². The monoisotopic (exact) mass is 275 g/mol. The van der Waals surface area contributed by atoms with Crippen molar-refractivity contribution in [1.29, 1.82) is 0 Å². The Morgan fingerprint density at radius 1 is 0.889 bits per heavy atom. The van der Waals surface area contributed by atoms with E-state index in [1.54, 1.807) is 6.20 Å². The maximum atomic E-state index is 5.89. The van der Waals surface area contributed by atoms with Gasteiger partial charge in [0.15, 0.2) is 5.82 Å². The molecule has 2 heterocycles. The number of benzene rings is 1. The minimum Gasteiger partial charge on any atom is -0.252 e. The molecule has 0 radical (unpaired) electrons. The molecule has 0 fully saturated rings. The molecule has 0 saturated carbocycles. The zero-order valence-corrected chi connectivity index (χ0v) is 10.7. The smallest absolute Gasteiger partial charge is 0.181 e. The summed E-state index contributed by atoms with van der Waals surface area (Å²) in [5, 5.41) is 2.65. The van der Waals surface area contributed by atoms with Gasteiger partial charge in [-0.25, -0.2) is 9.97 Å². The highest BCUT2D eigenvalue weighted by molar-refractivity contribution is 6.33. The largest absolute Gasteiger partial charge is 0.252 e. The summed E-state index contributed by atoms with van der Waals surface area (Å²) in [5.41, 5.74) is 0.678. The Balaban J connectivity index is 2.31. The second-order valence-corrected chi connectivity index (χ2v) is 4.49. The molecule has 18 heavy (non-hydrogen) atoms. The molecule has 0 amide bonds. The molecule has 0 aliphatic carbocycles. The van der Waals surface area contributed by atoms with Gasteiger partial charge in [-0.2, -0.15) is 0 Å². The number of pyridine rings is 1. The molecule has 0 aliphatic rings. The summed E-state index contributed by atoms with van der Waals surface area (Å²) in [6.07, 6.45) is 1.72. The van der Waals surface area contributed by atoms with E-state index in [-0.39, 0.29) is 0 Å². The SMILES string of the molecule is Clc1cc(Cl)nc(-c2nccc3ccccc23)n1. The van der Waals surface area contributed by atoms with Crippen molar-refractivity contribution in [2.24, 2.45) is 0 Å². The summed E-state index contributed by atoms with van der Waals surface area (Å²) in [7, 11) is 0. The molecule has 0 N–H and O–H groups in total. The fourth-order valence-electron chi connectivity index (χ4n) is 1.79. The summed E-state index contributed by atoms with van der Waals surface area (Å²) >= 11 is 11.8. The van der Waals surface area contributed by atoms with Crippen molar-refractivity contribution in [2.75, 3.05) is 0 Å². The maximum Gasteiger partial charge on any atom is 0.181 e. The van der Waals surface area contributed by atoms with Crippen molar-refractivity contribution in [3.05, 3.63) is 52.9 Å². The zero-order valence-electron chi connectivity index (χ0n) is 9.14. The predicted molar refractivity (Wildman–Crippen MR) is 72.8 cm³/mol. The summed E-state index contributed by atoms with van der Waals surface area (Å²) in [6, 6.07) is 11.3. The Labute approximate surface area is 113 Å². The fourth-order valence-corrected chi connectivity index (χ4v) is 2.22. The second-order valence-electron chi connectivity index (χ2n) is 3.72. The Hall–Kier alpha value is -1.71. The maximum absolute atomic E-state index is 5.89. The van der Waals surface area contributed by atoms with Crippen LogP contribution in [0, 0.1) is 0 Å². The van der Waals surface area contributed by atoms with Gasteiger partial charge in [0.05, 0.1) is 0 Å². The van der Waals surface area contributed by atoms with Crippen LogP contribution in [-0.4, -0.2) is 15.0 Å². The molecule has 2 aromatic heterocycles. The summed E-state index contributed by atoms with van der Waals surface area (Å²) in [6.45, 7) is 0. The van der Waals surface area contributed by atoms with E-state index in [0.717, 1.165) is 10.8 Å². The minimum atomic E-state index is 0.305. The quantitative estimate of drug-likeness (QED) is 0.630. The van der Waals surface area contributed by atoms with Crippen molar-refractivity contribution in [3.8, 4) is 11.5 Å². The molecule has 3 rings (SSSR count). The van der Waals surface area contributed by atoms with Crippen LogP contribution in [0.4, 0.5) is 0 Å². The van der Waals surface area contributed by atoms with Crippen LogP contribution in [-0.2, 0) is 0 Å². The lowest BCUT2D eigenvalue weighted by Gasteiger charge is -2.04. The first-order valence-electron chi connectivity index (χ1n) is 5.28. The van der Waals surface area contributed by atoms with Gasteiger partial charge in [-0.15, -0.1) is 0 Å². The van der Waals surface area contributed by atoms with Crippen molar-refractivity contribution < 1.29 is 0 Å². The van der Waals surface area contributed by atoms with Crippen molar-refractivity contribution in [1.82, 2.24) is 15.0 Å². The Morgan fingerprint density at radius 3 is 2.39 bits per heavy atom. The predicted octanol–water partition coefficient (Wildman–Crippen LogP) is 4.00. The Kier molecular flexibility index (Phi) is 2.86. The molecule has 0 atom stereocenters. The van der Waals surface area contributed by atoms with Crippen LogP contribution in [0.15, 0.2) is 42.6 Å². The molecule has 88 valence electrons. The highest BCUT2D eigenvalue weighted by Crippen LogP contribution is 2.25. The number of fused-ring (bicyclic) bond motifs is 1. The van der Waals surface area contributed by atoms with Gasteiger partial charge in [-0.3, -0.25) is 4.98 Å². The minimum absolute atomic E-state index is 0.305. The first-order valence-corrected chi connectivity index (χ1v) is 6.04. The van der Waals surface area contributed by atoms with E-state index in [1.165, 1.54) is 6.07 Å². The van der Waals surface area contributed by atoms with E-state index in [1.807, 2.05) is 30.3 Å². The molecule has 0 bridgehead atoms. The average Bonchev–Trinajstić information content (AvgIpc) is 2.37. The van der Waals surface area contributed by atoms with Crippen LogP contribution in [0.1, 0.15) is 0 Å². The topological polar surface area (TPSA) is 38.7 Å². The highest BCUT2D eigenvalue weighted by Gasteiger charge is 2.09. The molecule has 0 spiro atoms. The van der Waals surface area contributed by atoms with Crippen LogP contribution < -0.4 is 0 Å². The number of halogens is 2. The summed E-state index contributed by atoms with van der Waals surface area (Å²) in [5.74, 6) is 0.435. The summed E-state index contributed by atoms with van der Waals surface area (Å²) in [4.78, 5) is 12.6. The molecule has 0 unspecified atom stereocenters.